The Morgan fingerprint density at radius 1 is 1.26 bits per heavy atom. The molecule has 1 aromatic carbocycles. The monoisotopic (exact) mass is 507 g/mol. The summed E-state index contributed by atoms with van der Waals surface area (Å²) >= 11 is 5.81. The van der Waals surface area contributed by atoms with Crippen molar-refractivity contribution in [1.29, 1.82) is 0 Å². The van der Waals surface area contributed by atoms with Gasteiger partial charge in [0.15, 0.2) is 0 Å². The number of carbonyl (C=O) groups excluding carboxylic acids is 1. The molecule has 1 saturated carbocycles. The maximum Gasteiger partial charge on any atom is 0.306 e. The maximum absolute atomic E-state index is 10.6. The van der Waals surface area contributed by atoms with E-state index in [9.17, 15) is 9.59 Å². The summed E-state index contributed by atoms with van der Waals surface area (Å²) in [6.45, 7) is 7.49. The molecule has 8 nitrogen and oxygen atoms in total. The first-order valence-electron chi connectivity index (χ1n) is 11.6. The number of nitrogens with one attached hydrogen (secondary N) is 2. The van der Waals surface area contributed by atoms with E-state index in [2.05, 4.69) is 22.5 Å². The molecule has 0 bridgehead atoms. The number of carboxylic acid groups (broad SMARTS) is 1. The number of benzene rings is 1. The molecule has 35 heavy (non-hydrogen) atoms. The molecular weight excluding hydrogens is 470 g/mol. The topological polar surface area (TPSA) is 123 Å². The van der Waals surface area contributed by atoms with Gasteiger partial charge in [-0.3, -0.25) is 9.59 Å². The van der Waals surface area contributed by atoms with Crippen molar-refractivity contribution in [2.24, 2.45) is 17.6 Å². The van der Waals surface area contributed by atoms with Crippen LogP contribution in [-0.2, 0) is 14.3 Å². The number of hydrogen-bond acceptors (Lipinski definition) is 6. The van der Waals surface area contributed by atoms with Crippen molar-refractivity contribution in [1.82, 2.24) is 10.6 Å². The molecule has 5 N–H and O–H groups in total. The zero-order valence-corrected chi connectivity index (χ0v) is 21.8. The first-order valence-corrected chi connectivity index (χ1v) is 12.0. The summed E-state index contributed by atoms with van der Waals surface area (Å²) in [6, 6.07) is 7.25. The lowest BCUT2D eigenvalue weighted by Gasteiger charge is -2.25. The van der Waals surface area contributed by atoms with Gasteiger partial charge >= 0.3 is 5.97 Å². The smallest absolute Gasteiger partial charge is 0.306 e. The van der Waals surface area contributed by atoms with E-state index in [0.29, 0.717) is 42.7 Å². The van der Waals surface area contributed by atoms with E-state index in [4.69, 9.17) is 31.9 Å². The van der Waals surface area contributed by atoms with Crippen LogP contribution in [0.2, 0.25) is 5.02 Å². The summed E-state index contributed by atoms with van der Waals surface area (Å²) in [5.74, 6) is 6.29. The molecule has 2 rings (SSSR count). The van der Waals surface area contributed by atoms with E-state index in [1.807, 2.05) is 32.9 Å². The zero-order valence-electron chi connectivity index (χ0n) is 21.0. The van der Waals surface area contributed by atoms with E-state index in [-0.39, 0.29) is 5.92 Å². The second-order valence-corrected chi connectivity index (χ2v) is 9.25. The lowest BCUT2D eigenvalue weighted by atomic mass is 9.82. The first kappa shape index (κ1) is 30.1. The Morgan fingerprint density at radius 3 is 2.43 bits per heavy atom. The van der Waals surface area contributed by atoms with Gasteiger partial charge in [0, 0.05) is 30.9 Å². The molecule has 1 aliphatic rings. The summed E-state index contributed by atoms with van der Waals surface area (Å²) in [4.78, 5) is 20.6. The zero-order chi connectivity index (χ0) is 26.3. The summed E-state index contributed by atoms with van der Waals surface area (Å²) < 4.78 is 10.8. The molecule has 0 spiro atoms. The molecule has 1 fully saturated rings. The first-order chi connectivity index (χ1) is 16.6. The van der Waals surface area contributed by atoms with E-state index < -0.39 is 11.6 Å². The Balaban J connectivity index is 0.000000400. The third kappa shape index (κ3) is 13.0. The van der Waals surface area contributed by atoms with Crippen molar-refractivity contribution < 1.29 is 24.2 Å². The molecule has 0 heterocycles. The number of methoxy groups -OCH3 is 1. The van der Waals surface area contributed by atoms with E-state index in [1.54, 1.807) is 19.2 Å². The van der Waals surface area contributed by atoms with E-state index in [0.717, 1.165) is 37.1 Å². The van der Waals surface area contributed by atoms with Crippen LogP contribution in [0, 0.1) is 23.7 Å². The molecule has 194 valence electrons. The average Bonchev–Trinajstić information content (AvgIpc) is 2.85. The fraction of sp³-hybridized carbons (Fsp3) is 0.538. The lowest BCUT2D eigenvalue weighted by Crippen LogP contribution is -2.28. The Labute approximate surface area is 213 Å². The molecular formula is C26H38ClN3O5. The van der Waals surface area contributed by atoms with Gasteiger partial charge in [-0.15, -0.1) is 0 Å². The van der Waals surface area contributed by atoms with Gasteiger partial charge in [-0.05, 0) is 82.6 Å². The molecule has 1 amide bonds. The quantitative estimate of drug-likeness (QED) is 0.217. The van der Waals surface area contributed by atoms with E-state index >= 15 is 0 Å². The van der Waals surface area contributed by atoms with Gasteiger partial charge in [-0.1, -0.05) is 17.5 Å². The number of aliphatic carboxylic acids is 1. The minimum Gasteiger partial charge on any atom is -0.492 e. The van der Waals surface area contributed by atoms with E-state index in [1.165, 1.54) is 0 Å². The third-order valence-electron chi connectivity index (χ3n) is 5.67. The summed E-state index contributed by atoms with van der Waals surface area (Å²) in [6.07, 6.45) is 4.03. The largest absolute Gasteiger partial charge is 0.492 e. The van der Waals surface area contributed by atoms with Crippen LogP contribution < -0.4 is 21.1 Å². The van der Waals surface area contributed by atoms with Crippen molar-refractivity contribution in [3.05, 3.63) is 40.7 Å². The van der Waals surface area contributed by atoms with Crippen LogP contribution in [0.1, 0.15) is 46.5 Å². The standard InChI is InChI=1S/C17H23ClN2O2.C9H15NO3/c1-13(16(19)9-10-17(2,3)21-4)20-11-12-22-15-7-5-14(18)6-8-15;11-6-10-5-7-1-3-8(4-2-7)9(12)13/h5-8,20H,11-12,19H2,1-4H3;6-8H,1-5H2,(H,10,11)(H,12,13)/b16-13-;. The number of nitrogens with two attached hydrogens (primary N) is 1. The second kappa shape index (κ2) is 15.9. The number of allylic oxidation sites excluding steroid dienone is 2. The summed E-state index contributed by atoms with van der Waals surface area (Å²) in [5, 5.41) is 15.2. The number of amides is 1. The highest BCUT2D eigenvalue weighted by Crippen LogP contribution is 2.28. The van der Waals surface area contributed by atoms with Gasteiger partial charge in [0.25, 0.3) is 0 Å². The fourth-order valence-electron chi connectivity index (χ4n) is 3.22. The average molecular weight is 508 g/mol. The molecule has 0 saturated heterocycles. The SMILES string of the molecule is COC(C)(C)C#C/C(N)=C(\C)NCCOc1ccc(Cl)cc1.O=CNCC1CCC(C(=O)O)CC1. The number of rotatable bonds is 10. The van der Waals surface area contributed by atoms with Gasteiger partial charge in [-0.2, -0.15) is 0 Å². The number of carbonyl (C=O) groups is 2. The Hall–Kier alpha value is -2.89. The number of ether oxygens (including phenoxy) is 2. The van der Waals surface area contributed by atoms with Crippen molar-refractivity contribution in [2.75, 3.05) is 26.8 Å². The van der Waals surface area contributed by atoms with Gasteiger partial charge < -0.3 is 30.9 Å². The molecule has 0 radical (unpaired) electrons. The Morgan fingerprint density at radius 2 is 1.89 bits per heavy atom. The van der Waals surface area contributed by atoms with Crippen LogP contribution >= 0.6 is 11.6 Å². The van der Waals surface area contributed by atoms with Crippen molar-refractivity contribution in [3.63, 3.8) is 0 Å². The third-order valence-corrected chi connectivity index (χ3v) is 5.92. The van der Waals surface area contributed by atoms with Crippen LogP contribution in [0.15, 0.2) is 35.7 Å². The van der Waals surface area contributed by atoms with Crippen LogP contribution in [0.3, 0.4) is 0 Å². The van der Waals surface area contributed by atoms with Gasteiger partial charge in [0.1, 0.15) is 23.7 Å². The van der Waals surface area contributed by atoms with Crippen molar-refractivity contribution in [3.8, 4) is 17.6 Å². The molecule has 1 aliphatic carbocycles. The molecule has 0 aromatic heterocycles. The van der Waals surface area contributed by atoms with Crippen molar-refractivity contribution in [2.45, 2.75) is 52.1 Å². The molecule has 1 aromatic rings. The normalized spacial score (nSPS) is 18.0. The summed E-state index contributed by atoms with van der Waals surface area (Å²) in [5.41, 5.74) is 6.73. The molecule has 0 atom stereocenters. The Bertz CT molecular complexity index is 882. The minimum absolute atomic E-state index is 0.160. The number of halogens is 1. The molecule has 9 heteroatoms. The van der Waals surface area contributed by atoms with Crippen LogP contribution in [0.25, 0.3) is 0 Å². The van der Waals surface area contributed by atoms with Crippen LogP contribution in [0.5, 0.6) is 5.75 Å². The lowest BCUT2D eigenvalue weighted by molar-refractivity contribution is -0.143. The van der Waals surface area contributed by atoms with Gasteiger partial charge in [0.05, 0.1) is 5.92 Å². The van der Waals surface area contributed by atoms with Crippen molar-refractivity contribution >= 4 is 24.0 Å². The van der Waals surface area contributed by atoms with Gasteiger partial charge in [0.2, 0.25) is 6.41 Å². The minimum atomic E-state index is -0.679. The van der Waals surface area contributed by atoms with Crippen LogP contribution in [-0.4, -0.2) is 49.9 Å². The maximum atomic E-state index is 10.6. The van der Waals surface area contributed by atoms with Crippen LogP contribution in [0.4, 0.5) is 0 Å². The highest BCUT2D eigenvalue weighted by atomic mass is 35.5. The predicted octanol–water partition coefficient (Wildman–Crippen LogP) is 3.55. The highest BCUT2D eigenvalue weighted by Gasteiger charge is 2.25. The summed E-state index contributed by atoms with van der Waals surface area (Å²) in [7, 11) is 1.62. The highest BCUT2D eigenvalue weighted by molar-refractivity contribution is 6.30. The Kier molecular flexibility index (Phi) is 13.7. The molecule has 0 aliphatic heterocycles. The molecule has 0 unspecified atom stereocenters. The number of hydrogen-bond donors (Lipinski definition) is 4. The second-order valence-electron chi connectivity index (χ2n) is 8.81. The fourth-order valence-corrected chi connectivity index (χ4v) is 3.35. The van der Waals surface area contributed by atoms with Gasteiger partial charge in [-0.25, -0.2) is 0 Å². The predicted molar refractivity (Wildman–Crippen MR) is 138 cm³/mol. The number of carboxylic acids is 1.